The van der Waals surface area contributed by atoms with E-state index in [2.05, 4.69) is 5.32 Å². The van der Waals surface area contributed by atoms with Gasteiger partial charge in [-0.25, -0.2) is 0 Å². The molecule has 1 N–H and O–H groups in total. The molecule has 0 fully saturated rings. The minimum atomic E-state index is -0.636. The molecule has 0 bridgehead atoms. The highest BCUT2D eigenvalue weighted by Gasteiger charge is 2.31. The molecule has 0 saturated heterocycles. The Labute approximate surface area is 234 Å². The van der Waals surface area contributed by atoms with E-state index in [0.717, 1.165) is 28.7 Å². The summed E-state index contributed by atoms with van der Waals surface area (Å²) in [5.41, 5.74) is 4.04. The molecule has 0 aliphatic heterocycles. The molecule has 7 heteroatoms. The molecule has 4 nitrogen and oxygen atoms in total. The van der Waals surface area contributed by atoms with Crippen molar-refractivity contribution in [3.8, 4) is 0 Å². The lowest BCUT2D eigenvalue weighted by molar-refractivity contribution is -0.139. The van der Waals surface area contributed by atoms with Gasteiger partial charge in [-0.3, -0.25) is 9.59 Å². The number of rotatable bonds is 12. The maximum Gasteiger partial charge on any atom is 0.243 e. The normalized spacial score (nSPS) is 12.6. The zero-order chi connectivity index (χ0) is 26.8. The second kappa shape index (κ2) is 14.5. The molecule has 2 atom stereocenters. The zero-order valence-corrected chi connectivity index (χ0v) is 23.9. The van der Waals surface area contributed by atoms with Gasteiger partial charge in [0.1, 0.15) is 6.04 Å². The molecule has 0 heterocycles. The van der Waals surface area contributed by atoms with Gasteiger partial charge in [-0.1, -0.05) is 90.8 Å². The lowest BCUT2D eigenvalue weighted by Gasteiger charge is -2.32. The number of hydrogen-bond donors (Lipinski definition) is 1. The average Bonchev–Trinajstić information content (AvgIpc) is 2.88. The lowest BCUT2D eigenvalue weighted by Crippen LogP contribution is -2.52. The molecule has 0 aliphatic carbocycles. The summed E-state index contributed by atoms with van der Waals surface area (Å²) in [6, 6.07) is 22.6. The Hall–Kier alpha value is -2.47. The standard InChI is InChI=1S/C30H34Cl2N2O2S/c1-4-22(3)33-30(36)28(16-23-11-6-5-7-12-23)34(18-24-13-9-8-10-21(24)2)29(35)20-37-19-25-14-15-26(31)17-27(25)32/h5-15,17,22,28H,4,16,18-20H2,1-3H3,(H,33,36)/t22-,28-/m0/s1. The summed E-state index contributed by atoms with van der Waals surface area (Å²) in [6.07, 6.45) is 1.25. The first-order chi connectivity index (χ1) is 17.8. The molecule has 0 unspecified atom stereocenters. The fraction of sp³-hybridized carbons (Fsp3) is 0.333. The number of nitrogens with zero attached hydrogens (tertiary/aromatic N) is 1. The summed E-state index contributed by atoms with van der Waals surface area (Å²) in [5, 5.41) is 4.27. The van der Waals surface area contributed by atoms with Gasteiger partial charge in [0, 0.05) is 34.8 Å². The van der Waals surface area contributed by atoms with E-state index in [1.54, 1.807) is 17.0 Å². The van der Waals surface area contributed by atoms with Gasteiger partial charge in [-0.05, 0) is 54.7 Å². The SMILES string of the molecule is CC[C@H](C)NC(=O)[C@H](Cc1ccccc1)N(Cc1ccccc1C)C(=O)CSCc1ccc(Cl)cc1Cl. The maximum absolute atomic E-state index is 13.8. The second-order valence-electron chi connectivity index (χ2n) is 9.20. The summed E-state index contributed by atoms with van der Waals surface area (Å²) in [5.74, 6) is 0.583. The highest BCUT2D eigenvalue weighted by molar-refractivity contribution is 7.99. The summed E-state index contributed by atoms with van der Waals surface area (Å²) in [4.78, 5) is 29.1. The van der Waals surface area contributed by atoms with E-state index in [1.807, 2.05) is 81.4 Å². The number of carbonyl (C=O) groups excluding carboxylic acids is 2. The van der Waals surface area contributed by atoms with E-state index in [0.29, 0.717) is 28.8 Å². The number of hydrogen-bond acceptors (Lipinski definition) is 3. The van der Waals surface area contributed by atoms with Crippen LogP contribution in [0.15, 0.2) is 72.8 Å². The van der Waals surface area contributed by atoms with Gasteiger partial charge in [0.2, 0.25) is 11.8 Å². The minimum absolute atomic E-state index is 0.0163. The van der Waals surface area contributed by atoms with Crippen LogP contribution < -0.4 is 5.32 Å². The number of benzene rings is 3. The van der Waals surface area contributed by atoms with Crippen molar-refractivity contribution in [2.75, 3.05) is 5.75 Å². The van der Waals surface area contributed by atoms with Gasteiger partial charge in [-0.15, -0.1) is 11.8 Å². The first-order valence-electron chi connectivity index (χ1n) is 12.5. The monoisotopic (exact) mass is 556 g/mol. The van der Waals surface area contributed by atoms with Gasteiger partial charge >= 0.3 is 0 Å². The van der Waals surface area contributed by atoms with Crippen molar-refractivity contribution in [1.82, 2.24) is 10.2 Å². The van der Waals surface area contributed by atoms with Gasteiger partial charge in [-0.2, -0.15) is 0 Å². The minimum Gasteiger partial charge on any atom is -0.352 e. The molecule has 0 aromatic heterocycles. The number of halogens is 2. The van der Waals surface area contributed by atoms with Crippen molar-refractivity contribution >= 4 is 46.8 Å². The topological polar surface area (TPSA) is 49.4 Å². The van der Waals surface area contributed by atoms with E-state index in [1.165, 1.54) is 11.8 Å². The second-order valence-corrected chi connectivity index (χ2v) is 11.0. The Bertz CT molecular complexity index is 1190. The predicted octanol–water partition coefficient (Wildman–Crippen LogP) is 7.09. The summed E-state index contributed by atoms with van der Waals surface area (Å²) < 4.78 is 0. The van der Waals surface area contributed by atoms with Gasteiger partial charge in [0.05, 0.1) is 5.75 Å². The van der Waals surface area contributed by atoms with Crippen LogP contribution in [0, 0.1) is 6.92 Å². The van der Waals surface area contributed by atoms with Gasteiger partial charge in [0.25, 0.3) is 0 Å². The quantitative estimate of drug-likeness (QED) is 0.259. The molecule has 3 aromatic rings. The summed E-state index contributed by atoms with van der Waals surface area (Å²) in [7, 11) is 0. The van der Waals surface area contributed by atoms with E-state index >= 15 is 0 Å². The molecular formula is C30H34Cl2N2O2S. The van der Waals surface area contributed by atoms with Crippen LogP contribution in [-0.2, 0) is 28.3 Å². The Morgan fingerprint density at radius 2 is 1.68 bits per heavy atom. The number of aryl methyl sites for hydroxylation is 1. The Morgan fingerprint density at radius 3 is 2.35 bits per heavy atom. The third kappa shape index (κ3) is 8.80. The van der Waals surface area contributed by atoms with E-state index in [-0.39, 0.29) is 23.6 Å². The van der Waals surface area contributed by atoms with E-state index < -0.39 is 6.04 Å². The zero-order valence-electron chi connectivity index (χ0n) is 21.5. The van der Waals surface area contributed by atoms with Crippen molar-refractivity contribution in [1.29, 1.82) is 0 Å². The van der Waals surface area contributed by atoms with Crippen LogP contribution in [0.5, 0.6) is 0 Å². The largest absolute Gasteiger partial charge is 0.352 e. The van der Waals surface area contributed by atoms with E-state index in [4.69, 9.17) is 23.2 Å². The number of carbonyl (C=O) groups is 2. The first kappa shape index (κ1) is 29.1. The highest BCUT2D eigenvalue weighted by atomic mass is 35.5. The molecule has 0 spiro atoms. The van der Waals surface area contributed by atoms with Crippen LogP contribution in [0.1, 0.15) is 42.5 Å². The maximum atomic E-state index is 13.8. The molecule has 0 radical (unpaired) electrons. The smallest absolute Gasteiger partial charge is 0.243 e. The van der Waals surface area contributed by atoms with E-state index in [9.17, 15) is 9.59 Å². The fourth-order valence-electron chi connectivity index (χ4n) is 3.94. The summed E-state index contributed by atoms with van der Waals surface area (Å²) >= 11 is 13.8. The van der Waals surface area contributed by atoms with Crippen molar-refractivity contribution in [3.63, 3.8) is 0 Å². The number of nitrogens with one attached hydrogen (secondary N) is 1. The lowest BCUT2D eigenvalue weighted by atomic mass is 10.0. The molecule has 3 aromatic carbocycles. The molecule has 2 amide bonds. The summed E-state index contributed by atoms with van der Waals surface area (Å²) in [6.45, 7) is 6.41. The molecular weight excluding hydrogens is 523 g/mol. The van der Waals surface area contributed by atoms with Crippen molar-refractivity contribution in [3.05, 3.63) is 105 Å². The van der Waals surface area contributed by atoms with Gasteiger partial charge in [0.15, 0.2) is 0 Å². The fourth-order valence-corrected chi connectivity index (χ4v) is 5.40. The van der Waals surface area contributed by atoms with Crippen molar-refractivity contribution in [2.24, 2.45) is 0 Å². The first-order valence-corrected chi connectivity index (χ1v) is 14.4. The van der Waals surface area contributed by atoms with Crippen LogP contribution in [0.25, 0.3) is 0 Å². The molecule has 0 saturated carbocycles. The Kier molecular flexibility index (Phi) is 11.4. The number of amides is 2. The van der Waals surface area contributed by atoms with Crippen LogP contribution in [-0.4, -0.2) is 34.6 Å². The Balaban J connectivity index is 1.87. The van der Waals surface area contributed by atoms with Crippen LogP contribution in [0.2, 0.25) is 10.0 Å². The number of thioether (sulfide) groups is 1. The van der Waals surface area contributed by atoms with Crippen molar-refractivity contribution in [2.45, 2.75) is 58.0 Å². The third-order valence-electron chi connectivity index (χ3n) is 6.37. The van der Waals surface area contributed by atoms with Gasteiger partial charge < -0.3 is 10.2 Å². The molecule has 37 heavy (non-hydrogen) atoms. The Morgan fingerprint density at radius 1 is 0.973 bits per heavy atom. The molecule has 0 aliphatic rings. The molecule has 196 valence electrons. The predicted molar refractivity (Wildman–Crippen MR) is 156 cm³/mol. The third-order valence-corrected chi connectivity index (χ3v) is 7.93. The highest BCUT2D eigenvalue weighted by Crippen LogP contribution is 2.25. The molecule has 3 rings (SSSR count). The van der Waals surface area contributed by atoms with Crippen LogP contribution in [0.4, 0.5) is 0 Å². The van der Waals surface area contributed by atoms with Crippen LogP contribution >= 0.6 is 35.0 Å². The van der Waals surface area contributed by atoms with Crippen LogP contribution in [0.3, 0.4) is 0 Å². The van der Waals surface area contributed by atoms with Crippen molar-refractivity contribution < 1.29 is 9.59 Å². The average molecular weight is 558 g/mol.